The molecule has 1 aliphatic rings. The number of halogens is 1. The molecule has 0 saturated heterocycles. The molecule has 0 atom stereocenters. The summed E-state index contributed by atoms with van der Waals surface area (Å²) >= 11 is 3.25. The predicted octanol–water partition coefficient (Wildman–Crippen LogP) is 2.20. The average molecular weight is 377 g/mol. The summed E-state index contributed by atoms with van der Waals surface area (Å²) in [5, 5.41) is 2.64. The van der Waals surface area contributed by atoms with Gasteiger partial charge in [0.05, 0.1) is 5.69 Å². The normalized spacial score (nSPS) is 14.6. The number of hydrogen-bond acceptors (Lipinski definition) is 4. The first-order valence-corrected chi connectivity index (χ1v) is 8.82. The van der Waals surface area contributed by atoms with Crippen LogP contribution in [0.25, 0.3) is 0 Å². The van der Waals surface area contributed by atoms with Crippen LogP contribution in [0.2, 0.25) is 0 Å². The van der Waals surface area contributed by atoms with E-state index in [2.05, 4.69) is 21.2 Å². The van der Waals surface area contributed by atoms with E-state index in [4.69, 9.17) is 4.74 Å². The van der Waals surface area contributed by atoms with Crippen LogP contribution in [0.1, 0.15) is 19.8 Å². The van der Waals surface area contributed by atoms with E-state index in [0.717, 1.165) is 12.8 Å². The van der Waals surface area contributed by atoms with Crippen molar-refractivity contribution < 1.29 is 17.9 Å². The molecule has 1 aliphatic heterocycles. The van der Waals surface area contributed by atoms with E-state index in [1.54, 1.807) is 13.1 Å². The first kappa shape index (κ1) is 16.3. The van der Waals surface area contributed by atoms with Crippen molar-refractivity contribution >= 4 is 37.5 Å². The molecule has 8 heteroatoms. The Bertz CT molecular complexity index is 660. The molecule has 0 spiro atoms. The topological polar surface area (TPSA) is 75.7 Å². The highest BCUT2D eigenvalue weighted by atomic mass is 79.9. The van der Waals surface area contributed by atoms with Crippen molar-refractivity contribution in [1.29, 1.82) is 0 Å². The number of carbonyl (C=O) groups is 1. The molecule has 0 saturated carbocycles. The van der Waals surface area contributed by atoms with Gasteiger partial charge in [-0.05, 0) is 28.4 Å². The second kappa shape index (κ2) is 6.33. The van der Waals surface area contributed by atoms with Gasteiger partial charge in [-0.1, -0.05) is 13.3 Å². The molecule has 0 bridgehead atoms. The number of nitrogens with zero attached hydrogens (tertiary/aromatic N) is 1. The first-order valence-electron chi connectivity index (χ1n) is 6.58. The SMILES string of the molecule is CCCCN(C)S(=O)(=O)c1cc2c(cc1Br)NC(=O)CO2. The Morgan fingerprint density at radius 3 is 2.81 bits per heavy atom. The number of unbranched alkanes of at least 4 members (excludes halogenated alkanes) is 1. The van der Waals surface area contributed by atoms with Crippen LogP contribution >= 0.6 is 15.9 Å². The van der Waals surface area contributed by atoms with Gasteiger partial charge in [0.1, 0.15) is 10.6 Å². The van der Waals surface area contributed by atoms with Gasteiger partial charge in [0.15, 0.2) is 6.61 Å². The van der Waals surface area contributed by atoms with Crippen LogP contribution in [0.5, 0.6) is 5.75 Å². The summed E-state index contributed by atoms with van der Waals surface area (Å²) in [6.45, 7) is 2.35. The van der Waals surface area contributed by atoms with Crippen LogP contribution in [0.4, 0.5) is 5.69 Å². The fourth-order valence-electron chi connectivity index (χ4n) is 1.95. The minimum absolute atomic E-state index is 0.111. The van der Waals surface area contributed by atoms with Gasteiger partial charge in [0.25, 0.3) is 5.91 Å². The summed E-state index contributed by atoms with van der Waals surface area (Å²) in [6.07, 6.45) is 1.71. The predicted molar refractivity (Wildman–Crippen MR) is 83.0 cm³/mol. The maximum Gasteiger partial charge on any atom is 0.262 e. The van der Waals surface area contributed by atoms with Crippen LogP contribution in [-0.4, -0.2) is 38.8 Å². The Hall–Kier alpha value is -1.12. The van der Waals surface area contributed by atoms with Gasteiger partial charge >= 0.3 is 0 Å². The zero-order valence-corrected chi connectivity index (χ0v) is 14.3. The summed E-state index contributed by atoms with van der Waals surface area (Å²) < 4.78 is 32.1. The summed E-state index contributed by atoms with van der Waals surface area (Å²) in [5.74, 6) is 0.102. The minimum Gasteiger partial charge on any atom is -0.482 e. The lowest BCUT2D eigenvalue weighted by atomic mass is 10.2. The second-order valence-electron chi connectivity index (χ2n) is 4.80. The zero-order valence-electron chi connectivity index (χ0n) is 11.8. The number of anilines is 1. The third-order valence-electron chi connectivity index (χ3n) is 3.18. The molecule has 0 aliphatic carbocycles. The van der Waals surface area contributed by atoms with Crippen molar-refractivity contribution in [3.8, 4) is 5.75 Å². The van der Waals surface area contributed by atoms with Crippen LogP contribution in [0, 0.1) is 0 Å². The molecule has 1 N–H and O–H groups in total. The summed E-state index contributed by atoms with van der Waals surface area (Å²) in [6, 6.07) is 2.99. The molecule has 21 heavy (non-hydrogen) atoms. The lowest BCUT2D eigenvalue weighted by molar-refractivity contribution is -0.118. The lowest BCUT2D eigenvalue weighted by Crippen LogP contribution is -2.29. The lowest BCUT2D eigenvalue weighted by Gasteiger charge is -2.22. The van der Waals surface area contributed by atoms with Crippen LogP contribution < -0.4 is 10.1 Å². The summed E-state index contributed by atoms with van der Waals surface area (Å²) in [4.78, 5) is 11.4. The van der Waals surface area contributed by atoms with E-state index in [9.17, 15) is 13.2 Å². The number of sulfonamides is 1. The number of hydrogen-bond donors (Lipinski definition) is 1. The average Bonchev–Trinajstić information content (AvgIpc) is 2.43. The molecule has 2 rings (SSSR count). The standard InChI is InChI=1S/C13H17BrN2O4S/c1-3-4-5-16(2)21(18,19)12-7-11-10(6-9(12)14)15-13(17)8-20-11/h6-7H,3-5,8H2,1-2H3,(H,15,17). The quantitative estimate of drug-likeness (QED) is 0.854. The maximum absolute atomic E-state index is 12.6. The van der Waals surface area contributed by atoms with Crippen LogP contribution in [0.3, 0.4) is 0 Å². The molecule has 0 fully saturated rings. The van der Waals surface area contributed by atoms with Gasteiger partial charge in [0.2, 0.25) is 10.0 Å². The maximum atomic E-state index is 12.6. The van der Waals surface area contributed by atoms with Crippen LogP contribution in [0.15, 0.2) is 21.5 Å². The Balaban J connectivity index is 2.38. The Kier molecular flexibility index (Phi) is 4.90. The van der Waals surface area contributed by atoms with E-state index in [1.165, 1.54) is 10.4 Å². The first-order chi connectivity index (χ1) is 9.86. The molecule has 116 valence electrons. The molecule has 1 amide bonds. The van der Waals surface area contributed by atoms with Crippen molar-refractivity contribution in [2.75, 3.05) is 25.5 Å². The number of benzene rings is 1. The highest BCUT2D eigenvalue weighted by molar-refractivity contribution is 9.10. The number of amides is 1. The van der Waals surface area contributed by atoms with Crippen molar-refractivity contribution in [2.24, 2.45) is 0 Å². The van der Waals surface area contributed by atoms with E-state index in [-0.39, 0.29) is 17.4 Å². The number of rotatable bonds is 5. The molecule has 0 unspecified atom stereocenters. The van der Waals surface area contributed by atoms with E-state index in [0.29, 0.717) is 22.5 Å². The monoisotopic (exact) mass is 376 g/mol. The Morgan fingerprint density at radius 2 is 2.14 bits per heavy atom. The molecule has 6 nitrogen and oxygen atoms in total. The molecule has 1 aromatic rings. The molecule has 1 heterocycles. The number of carbonyl (C=O) groups excluding carboxylic acids is 1. The number of fused-ring (bicyclic) bond motifs is 1. The van der Waals surface area contributed by atoms with Gasteiger partial charge in [-0.25, -0.2) is 12.7 Å². The van der Waals surface area contributed by atoms with E-state index >= 15 is 0 Å². The third-order valence-corrected chi connectivity index (χ3v) is 6.00. The van der Waals surface area contributed by atoms with E-state index < -0.39 is 10.0 Å². The fraction of sp³-hybridized carbons (Fsp3) is 0.462. The minimum atomic E-state index is -3.60. The number of nitrogens with one attached hydrogen (secondary N) is 1. The summed E-state index contributed by atoms with van der Waals surface area (Å²) in [7, 11) is -2.04. The van der Waals surface area contributed by atoms with Gasteiger partial charge < -0.3 is 10.1 Å². The molecular weight excluding hydrogens is 360 g/mol. The van der Waals surface area contributed by atoms with Crippen molar-refractivity contribution in [2.45, 2.75) is 24.7 Å². The highest BCUT2D eigenvalue weighted by Crippen LogP contribution is 2.36. The fourth-order valence-corrected chi connectivity index (χ4v) is 4.17. The van der Waals surface area contributed by atoms with Gasteiger partial charge in [0, 0.05) is 24.1 Å². The van der Waals surface area contributed by atoms with Crippen LogP contribution in [-0.2, 0) is 14.8 Å². The van der Waals surface area contributed by atoms with E-state index in [1.807, 2.05) is 6.92 Å². The number of ether oxygens (including phenoxy) is 1. The Morgan fingerprint density at radius 1 is 1.43 bits per heavy atom. The highest BCUT2D eigenvalue weighted by Gasteiger charge is 2.27. The van der Waals surface area contributed by atoms with Gasteiger partial charge in [-0.2, -0.15) is 0 Å². The summed E-state index contributed by atoms with van der Waals surface area (Å²) in [5.41, 5.74) is 0.466. The Labute approximate surface area is 132 Å². The largest absolute Gasteiger partial charge is 0.482 e. The van der Waals surface area contributed by atoms with Gasteiger partial charge in [-0.3, -0.25) is 4.79 Å². The molecule has 0 radical (unpaired) electrons. The smallest absolute Gasteiger partial charge is 0.262 e. The van der Waals surface area contributed by atoms with Crippen molar-refractivity contribution in [1.82, 2.24) is 4.31 Å². The van der Waals surface area contributed by atoms with Gasteiger partial charge in [-0.15, -0.1) is 0 Å². The van der Waals surface area contributed by atoms with Crippen molar-refractivity contribution in [3.63, 3.8) is 0 Å². The molecular formula is C13H17BrN2O4S. The molecule has 1 aromatic carbocycles. The molecule has 0 aromatic heterocycles. The van der Waals surface area contributed by atoms with Crippen molar-refractivity contribution in [3.05, 3.63) is 16.6 Å². The third kappa shape index (κ3) is 3.38. The zero-order chi connectivity index (χ0) is 15.6. The second-order valence-corrected chi connectivity index (χ2v) is 7.66.